The first-order valence-corrected chi connectivity index (χ1v) is 10.9. The van der Waals surface area contributed by atoms with Crippen molar-refractivity contribution in [3.8, 4) is 5.75 Å². The Labute approximate surface area is 183 Å². The summed E-state index contributed by atoms with van der Waals surface area (Å²) < 4.78 is 7.71. The number of rotatable bonds is 9. The fraction of sp³-hybridized carbons (Fsp3) is 0.391. The lowest BCUT2D eigenvalue weighted by atomic mass is 10.2. The van der Waals surface area contributed by atoms with Crippen molar-refractivity contribution in [2.24, 2.45) is 0 Å². The average molecular weight is 426 g/mol. The van der Waals surface area contributed by atoms with Gasteiger partial charge in [0.1, 0.15) is 5.75 Å². The van der Waals surface area contributed by atoms with Gasteiger partial charge >= 0.3 is 0 Å². The SMILES string of the molecule is Clc1ccccc1N1CCN(CCCCOc2ccc(Cn3ccnn3)cc2)CC1. The molecule has 30 heavy (non-hydrogen) atoms. The molecule has 158 valence electrons. The van der Waals surface area contributed by atoms with E-state index in [0.29, 0.717) is 0 Å². The van der Waals surface area contributed by atoms with Crippen LogP contribution in [0.15, 0.2) is 60.9 Å². The molecule has 1 aliphatic rings. The van der Waals surface area contributed by atoms with E-state index < -0.39 is 0 Å². The zero-order valence-corrected chi connectivity index (χ0v) is 17.9. The van der Waals surface area contributed by atoms with Crippen LogP contribution >= 0.6 is 11.6 Å². The Morgan fingerprint density at radius 3 is 2.47 bits per heavy atom. The van der Waals surface area contributed by atoms with E-state index in [1.54, 1.807) is 6.20 Å². The minimum absolute atomic E-state index is 0.726. The molecule has 2 aromatic carbocycles. The van der Waals surface area contributed by atoms with E-state index in [-0.39, 0.29) is 0 Å². The minimum atomic E-state index is 0.726. The summed E-state index contributed by atoms with van der Waals surface area (Å²) >= 11 is 6.33. The molecular formula is C23H28ClN5O. The average Bonchev–Trinajstić information content (AvgIpc) is 3.29. The van der Waals surface area contributed by atoms with Crippen molar-refractivity contribution < 1.29 is 4.74 Å². The summed E-state index contributed by atoms with van der Waals surface area (Å²) in [5.74, 6) is 0.922. The Hall–Kier alpha value is -2.57. The van der Waals surface area contributed by atoms with Gasteiger partial charge in [-0.05, 0) is 49.2 Å². The molecule has 1 aliphatic heterocycles. The van der Waals surface area contributed by atoms with Crippen LogP contribution in [0.4, 0.5) is 5.69 Å². The van der Waals surface area contributed by atoms with Crippen molar-refractivity contribution in [2.45, 2.75) is 19.4 Å². The molecule has 6 nitrogen and oxygen atoms in total. The van der Waals surface area contributed by atoms with Crippen LogP contribution in [0, 0.1) is 0 Å². The Morgan fingerprint density at radius 2 is 1.73 bits per heavy atom. The van der Waals surface area contributed by atoms with Crippen molar-refractivity contribution in [1.29, 1.82) is 0 Å². The summed E-state index contributed by atoms with van der Waals surface area (Å²) in [4.78, 5) is 4.92. The molecule has 1 aromatic heterocycles. The number of hydrogen-bond donors (Lipinski definition) is 0. The van der Waals surface area contributed by atoms with Gasteiger partial charge in [-0.25, -0.2) is 4.68 Å². The maximum Gasteiger partial charge on any atom is 0.119 e. The molecule has 0 radical (unpaired) electrons. The second-order valence-corrected chi connectivity index (χ2v) is 7.99. The normalized spacial score (nSPS) is 14.8. The highest BCUT2D eigenvalue weighted by Crippen LogP contribution is 2.26. The highest BCUT2D eigenvalue weighted by molar-refractivity contribution is 6.33. The second kappa shape index (κ2) is 10.5. The summed E-state index contributed by atoms with van der Waals surface area (Å²) in [6, 6.07) is 16.3. The summed E-state index contributed by atoms with van der Waals surface area (Å²) in [5.41, 5.74) is 2.34. The van der Waals surface area contributed by atoms with E-state index in [1.807, 2.05) is 35.1 Å². The van der Waals surface area contributed by atoms with Gasteiger partial charge in [-0.15, -0.1) is 5.10 Å². The van der Waals surface area contributed by atoms with Gasteiger partial charge in [-0.3, -0.25) is 4.90 Å². The maximum absolute atomic E-state index is 6.33. The number of benzene rings is 2. The van der Waals surface area contributed by atoms with Gasteiger partial charge in [-0.1, -0.05) is 41.1 Å². The predicted molar refractivity (Wildman–Crippen MR) is 120 cm³/mol. The Balaban J connectivity index is 1.11. The zero-order chi connectivity index (χ0) is 20.6. The van der Waals surface area contributed by atoms with Crippen LogP contribution in [-0.4, -0.2) is 59.2 Å². The number of piperazine rings is 1. The maximum atomic E-state index is 6.33. The van der Waals surface area contributed by atoms with Crippen molar-refractivity contribution in [3.63, 3.8) is 0 Å². The Morgan fingerprint density at radius 1 is 0.933 bits per heavy atom. The quantitative estimate of drug-likeness (QED) is 0.485. The molecule has 7 heteroatoms. The van der Waals surface area contributed by atoms with Crippen LogP contribution in [0.5, 0.6) is 5.75 Å². The molecule has 0 saturated carbocycles. The van der Waals surface area contributed by atoms with Gasteiger partial charge in [0.25, 0.3) is 0 Å². The molecule has 0 bridgehead atoms. The monoisotopic (exact) mass is 425 g/mol. The summed E-state index contributed by atoms with van der Waals surface area (Å²) in [5, 5.41) is 8.66. The number of para-hydroxylation sites is 1. The molecule has 0 aliphatic carbocycles. The molecule has 0 atom stereocenters. The number of ether oxygens (including phenoxy) is 1. The van der Waals surface area contributed by atoms with Crippen molar-refractivity contribution >= 4 is 17.3 Å². The predicted octanol–water partition coefficient (Wildman–Crippen LogP) is 3.96. The molecule has 0 unspecified atom stereocenters. The van der Waals surface area contributed by atoms with Gasteiger partial charge in [0.15, 0.2) is 0 Å². The topological polar surface area (TPSA) is 46.4 Å². The van der Waals surface area contributed by atoms with Gasteiger partial charge < -0.3 is 9.64 Å². The smallest absolute Gasteiger partial charge is 0.119 e. The number of nitrogens with zero attached hydrogens (tertiary/aromatic N) is 5. The number of anilines is 1. The third-order valence-electron chi connectivity index (χ3n) is 5.44. The van der Waals surface area contributed by atoms with E-state index in [4.69, 9.17) is 16.3 Å². The van der Waals surface area contributed by atoms with Crippen molar-refractivity contribution in [2.75, 3.05) is 44.2 Å². The minimum Gasteiger partial charge on any atom is -0.494 e. The van der Waals surface area contributed by atoms with E-state index in [2.05, 4.69) is 44.4 Å². The van der Waals surface area contributed by atoms with Crippen LogP contribution in [0.3, 0.4) is 0 Å². The van der Waals surface area contributed by atoms with E-state index >= 15 is 0 Å². The number of halogens is 1. The lowest BCUT2D eigenvalue weighted by Crippen LogP contribution is -2.46. The molecule has 0 spiro atoms. The first kappa shape index (κ1) is 20.7. The summed E-state index contributed by atoms with van der Waals surface area (Å²) in [6.45, 7) is 6.82. The standard InChI is InChI=1S/C23H28ClN5O/c24-22-5-1-2-6-23(22)28-16-14-27(15-17-28)12-3-4-18-30-21-9-7-20(8-10-21)19-29-13-11-25-26-29/h1-2,5-11,13H,3-4,12,14-19H2. The van der Waals surface area contributed by atoms with Crippen LogP contribution in [-0.2, 0) is 6.54 Å². The molecule has 0 amide bonds. The van der Waals surface area contributed by atoms with Gasteiger partial charge in [0.2, 0.25) is 0 Å². The summed E-state index contributed by atoms with van der Waals surface area (Å²) in [7, 11) is 0. The lowest BCUT2D eigenvalue weighted by molar-refractivity contribution is 0.238. The first-order valence-electron chi connectivity index (χ1n) is 10.6. The molecular weight excluding hydrogens is 398 g/mol. The number of unbranched alkanes of at least 4 members (excludes halogenated alkanes) is 1. The third kappa shape index (κ3) is 5.74. The molecule has 4 rings (SSSR count). The fourth-order valence-electron chi connectivity index (χ4n) is 3.74. The van der Waals surface area contributed by atoms with E-state index in [9.17, 15) is 0 Å². The Bertz CT molecular complexity index is 892. The van der Waals surface area contributed by atoms with Crippen molar-refractivity contribution in [3.05, 3.63) is 71.5 Å². The van der Waals surface area contributed by atoms with Crippen LogP contribution < -0.4 is 9.64 Å². The molecule has 1 fully saturated rings. The fourth-order valence-corrected chi connectivity index (χ4v) is 4.00. The zero-order valence-electron chi connectivity index (χ0n) is 17.2. The van der Waals surface area contributed by atoms with Crippen LogP contribution in [0.1, 0.15) is 18.4 Å². The largest absolute Gasteiger partial charge is 0.494 e. The molecule has 1 saturated heterocycles. The van der Waals surface area contributed by atoms with Gasteiger partial charge in [0, 0.05) is 32.4 Å². The molecule has 2 heterocycles. The Kier molecular flexibility index (Phi) is 7.21. The highest BCUT2D eigenvalue weighted by Gasteiger charge is 2.18. The summed E-state index contributed by atoms with van der Waals surface area (Å²) in [6.07, 6.45) is 5.76. The van der Waals surface area contributed by atoms with E-state index in [1.165, 1.54) is 5.56 Å². The van der Waals surface area contributed by atoms with Crippen LogP contribution in [0.2, 0.25) is 5.02 Å². The van der Waals surface area contributed by atoms with E-state index in [0.717, 1.165) is 75.2 Å². The number of hydrogen-bond acceptors (Lipinski definition) is 5. The lowest BCUT2D eigenvalue weighted by Gasteiger charge is -2.36. The molecule has 3 aromatic rings. The first-order chi connectivity index (χ1) is 14.8. The third-order valence-corrected chi connectivity index (χ3v) is 5.76. The van der Waals surface area contributed by atoms with Crippen LogP contribution in [0.25, 0.3) is 0 Å². The van der Waals surface area contributed by atoms with Gasteiger partial charge in [0.05, 0.1) is 30.1 Å². The second-order valence-electron chi connectivity index (χ2n) is 7.58. The molecule has 0 N–H and O–H groups in total. The number of aromatic nitrogens is 3. The van der Waals surface area contributed by atoms with Crippen molar-refractivity contribution in [1.82, 2.24) is 19.9 Å². The highest BCUT2D eigenvalue weighted by atomic mass is 35.5. The van der Waals surface area contributed by atoms with Gasteiger partial charge in [-0.2, -0.15) is 0 Å².